The molecule has 0 bridgehead atoms. The first-order valence-corrected chi connectivity index (χ1v) is 10.2. The van der Waals surface area contributed by atoms with Gasteiger partial charge in [-0.1, -0.05) is 0 Å². The number of ketones is 1. The fraction of sp³-hybridized carbons (Fsp3) is 0.450. The molecule has 0 atom stereocenters. The average Bonchev–Trinajstić information content (AvgIpc) is 2.70. The highest BCUT2D eigenvalue weighted by atomic mass is 35.5. The van der Waals surface area contributed by atoms with Gasteiger partial charge in [0.25, 0.3) is 0 Å². The molecule has 1 aromatic carbocycles. The van der Waals surface area contributed by atoms with E-state index in [1.165, 1.54) is 12.1 Å². The number of Topliss-reactive ketones (excluding diaryl/α,β-unsaturated/α-hetero) is 1. The Labute approximate surface area is 177 Å². The van der Waals surface area contributed by atoms with Crippen molar-refractivity contribution in [1.82, 2.24) is 0 Å². The summed E-state index contributed by atoms with van der Waals surface area (Å²) >= 11 is 11.3. The fourth-order valence-corrected chi connectivity index (χ4v) is 2.76. The molecule has 0 radical (unpaired) electrons. The maximum Gasteiger partial charge on any atom is 0.347 e. The first-order chi connectivity index (χ1) is 14.0. The second kappa shape index (κ2) is 11.7. The van der Waals surface area contributed by atoms with Gasteiger partial charge < -0.3 is 18.6 Å². The van der Waals surface area contributed by atoms with E-state index in [0.29, 0.717) is 16.9 Å². The van der Waals surface area contributed by atoms with Gasteiger partial charge in [-0.15, -0.1) is 23.2 Å². The predicted molar refractivity (Wildman–Crippen MR) is 110 cm³/mol. The van der Waals surface area contributed by atoms with Crippen LogP contribution in [0.4, 0.5) is 0 Å². The van der Waals surface area contributed by atoms with E-state index in [0.717, 1.165) is 0 Å². The molecule has 1 heterocycles. The molecule has 0 N–H and O–H groups in total. The standard InChI is InChI=1S/C20H22Cl2O7/c1-2-26-19(24)5-3-4-15(23)14-10-13-11-17(27-8-6-21)18(28-9-7-22)12-16(13)29-20(14)25/h10-12H,2-9H2,1H3. The smallest absolute Gasteiger partial charge is 0.347 e. The molecule has 0 unspecified atom stereocenters. The number of rotatable bonds is 12. The number of halogens is 2. The zero-order valence-electron chi connectivity index (χ0n) is 16.0. The molecule has 1 aromatic heterocycles. The minimum Gasteiger partial charge on any atom is -0.488 e. The van der Waals surface area contributed by atoms with Crippen LogP contribution in [0, 0.1) is 0 Å². The zero-order valence-corrected chi connectivity index (χ0v) is 17.5. The third-order valence-electron chi connectivity index (χ3n) is 3.86. The van der Waals surface area contributed by atoms with Gasteiger partial charge in [0.05, 0.1) is 18.4 Å². The molecule has 2 rings (SSSR count). The quantitative estimate of drug-likeness (QED) is 0.212. The molecule has 7 nitrogen and oxygen atoms in total. The minimum atomic E-state index is -0.753. The van der Waals surface area contributed by atoms with Crippen molar-refractivity contribution in [2.75, 3.05) is 31.6 Å². The van der Waals surface area contributed by atoms with Crippen molar-refractivity contribution < 1.29 is 28.2 Å². The average molecular weight is 445 g/mol. The van der Waals surface area contributed by atoms with Gasteiger partial charge in [-0.05, 0) is 25.5 Å². The topological polar surface area (TPSA) is 92.0 Å². The van der Waals surface area contributed by atoms with Crippen LogP contribution in [-0.4, -0.2) is 43.3 Å². The van der Waals surface area contributed by atoms with E-state index in [1.54, 1.807) is 13.0 Å². The summed E-state index contributed by atoms with van der Waals surface area (Å²) in [6.07, 6.45) is 0.419. The van der Waals surface area contributed by atoms with Crippen molar-refractivity contribution in [1.29, 1.82) is 0 Å². The van der Waals surface area contributed by atoms with Crippen LogP contribution in [0.5, 0.6) is 11.5 Å². The number of carbonyl (C=O) groups is 2. The Morgan fingerprint density at radius 1 is 1.00 bits per heavy atom. The molecule has 9 heteroatoms. The van der Waals surface area contributed by atoms with Crippen molar-refractivity contribution in [3.8, 4) is 11.5 Å². The normalized spacial score (nSPS) is 10.7. The molecule has 0 spiro atoms. The highest BCUT2D eigenvalue weighted by Gasteiger charge is 2.17. The van der Waals surface area contributed by atoms with E-state index in [2.05, 4.69) is 0 Å². The number of hydrogen-bond acceptors (Lipinski definition) is 7. The van der Waals surface area contributed by atoms with Crippen LogP contribution in [0.15, 0.2) is 27.4 Å². The number of alkyl halides is 2. The number of fused-ring (bicyclic) bond motifs is 1. The lowest BCUT2D eigenvalue weighted by Crippen LogP contribution is -2.14. The summed E-state index contributed by atoms with van der Waals surface area (Å²) in [6.45, 7) is 2.48. The summed E-state index contributed by atoms with van der Waals surface area (Å²) in [5.41, 5.74) is -0.587. The Bertz CT molecular complexity index is 908. The van der Waals surface area contributed by atoms with E-state index in [4.69, 9.17) is 41.8 Å². The van der Waals surface area contributed by atoms with Gasteiger partial charge in [-0.3, -0.25) is 9.59 Å². The molecule has 0 fully saturated rings. The third kappa shape index (κ3) is 6.65. The van der Waals surface area contributed by atoms with E-state index >= 15 is 0 Å². The van der Waals surface area contributed by atoms with Crippen LogP contribution < -0.4 is 15.1 Å². The first kappa shape index (κ1) is 23.0. The van der Waals surface area contributed by atoms with Gasteiger partial charge in [0.1, 0.15) is 24.4 Å². The molecule has 158 valence electrons. The highest BCUT2D eigenvalue weighted by Crippen LogP contribution is 2.33. The van der Waals surface area contributed by atoms with Gasteiger partial charge in [0.15, 0.2) is 17.3 Å². The van der Waals surface area contributed by atoms with Crippen molar-refractivity contribution in [3.63, 3.8) is 0 Å². The Morgan fingerprint density at radius 3 is 2.28 bits per heavy atom. The number of benzene rings is 1. The maximum absolute atomic E-state index is 12.4. The van der Waals surface area contributed by atoms with Crippen LogP contribution >= 0.6 is 23.2 Å². The van der Waals surface area contributed by atoms with Gasteiger partial charge in [-0.25, -0.2) is 4.79 Å². The number of esters is 1. The molecule has 0 amide bonds. The van der Waals surface area contributed by atoms with E-state index in [1.807, 2.05) is 0 Å². The Kier molecular flexibility index (Phi) is 9.28. The van der Waals surface area contributed by atoms with Crippen molar-refractivity contribution in [3.05, 3.63) is 34.2 Å². The molecule has 0 aliphatic carbocycles. The minimum absolute atomic E-state index is 0.0294. The van der Waals surface area contributed by atoms with Crippen molar-refractivity contribution in [2.45, 2.75) is 26.2 Å². The molecule has 0 saturated carbocycles. The maximum atomic E-state index is 12.4. The van der Waals surface area contributed by atoms with Gasteiger partial charge in [0, 0.05) is 24.3 Å². The van der Waals surface area contributed by atoms with Crippen LogP contribution in [0.3, 0.4) is 0 Å². The monoisotopic (exact) mass is 444 g/mol. The van der Waals surface area contributed by atoms with Crippen LogP contribution in [0.2, 0.25) is 0 Å². The molecule has 0 saturated heterocycles. The predicted octanol–water partition coefficient (Wildman–Crippen LogP) is 3.94. The van der Waals surface area contributed by atoms with E-state index in [-0.39, 0.29) is 68.0 Å². The lowest BCUT2D eigenvalue weighted by atomic mass is 10.1. The molecular formula is C20H22Cl2O7. The Balaban J connectivity index is 2.26. The lowest BCUT2D eigenvalue weighted by Gasteiger charge is -2.12. The number of hydrogen-bond donors (Lipinski definition) is 0. The summed E-state index contributed by atoms with van der Waals surface area (Å²) in [5, 5.41) is 0.501. The Hall–Kier alpha value is -2.25. The summed E-state index contributed by atoms with van der Waals surface area (Å²) in [6, 6.07) is 4.58. The highest BCUT2D eigenvalue weighted by molar-refractivity contribution is 6.18. The van der Waals surface area contributed by atoms with Crippen molar-refractivity contribution in [2.24, 2.45) is 0 Å². The SMILES string of the molecule is CCOC(=O)CCCC(=O)c1cc2cc(OCCCl)c(OCCCl)cc2oc1=O. The van der Waals surface area contributed by atoms with Crippen LogP contribution in [-0.2, 0) is 9.53 Å². The summed E-state index contributed by atoms with van der Waals surface area (Å²) in [4.78, 5) is 36.1. The molecular weight excluding hydrogens is 423 g/mol. The molecule has 0 aliphatic rings. The number of carbonyl (C=O) groups excluding carboxylic acids is 2. The second-order valence-corrected chi connectivity index (χ2v) is 6.70. The second-order valence-electron chi connectivity index (χ2n) is 5.94. The summed E-state index contributed by atoms with van der Waals surface area (Å²) in [7, 11) is 0. The third-order valence-corrected chi connectivity index (χ3v) is 4.17. The van der Waals surface area contributed by atoms with Gasteiger partial charge in [-0.2, -0.15) is 0 Å². The molecule has 2 aromatic rings. The lowest BCUT2D eigenvalue weighted by molar-refractivity contribution is -0.143. The summed E-state index contributed by atoms with van der Waals surface area (Å²) in [5.74, 6) is 0.529. The summed E-state index contributed by atoms with van der Waals surface area (Å²) < 4.78 is 21.2. The fourth-order valence-electron chi connectivity index (χ4n) is 2.61. The van der Waals surface area contributed by atoms with Crippen LogP contribution in [0.25, 0.3) is 11.0 Å². The molecule has 29 heavy (non-hydrogen) atoms. The molecule has 0 aliphatic heterocycles. The zero-order chi connectivity index (χ0) is 21.2. The van der Waals surface area contributed by atoms with E-state index < -0.39 is 11.4 Å². The van der Waals surface area contributed by atoms with Crippen LogP contribution in [0.1, 0.15) is 36.5 Å². The largest absolute Gasteiger partial charge is 0.488 e. The van der Waals surface area contributed by atoms with E-state index in [9.17, 15) is 14.4 Å². The van der Waals surface area contributed by atoms with Gasteiger partial charge >= 0.3 is 11.6 Å². The van der Waals surface area contributed by atoms with Crippen molar-refractivity contribution >= 4 is 45.9 Å². The van der Waals surface area contributed by atoms with Gasteiger partial charge in [0.2, 0.25) is 0 Å². The Morgan fingerprint density at radius 2 is 1.66 bits per heavy atom. The number of ether oxygens (including phenoxy) is 3. The first-order valence-electron chi connectivity index (χ1n) is 9.18.